The molecule has 2 aliphatic rings. The Balaban J connectivity index is 0.000000336. The van der Waals surface area contributed by atoms with Gasteiger partial charge < -0.3 is 5.32 Å². The van der Waals surface area contributed by atoms with Crippen molar-refractivity contribution in [1.82, 2.24) is 5.32 Å². The first-order chi connectivity index (χ1) is 5.81. The predicted octanol–water partition coefficient (Wildman–Crippen LogP) is 2.95. The zero-order valence-electron chi connectivity index (χ0n) is 8.82. The maximum atomic E-state index is 3.66. The summed E-state index contributed by atoms with van der Waals surface area (Å²) < 4.78 is 0. The minimum Gasteiger partial charge on any atom is -0.311 e. The second-order valence-corrected chi connectivity index (χ2v) is 4.16. The van der Waals surface area contributed by atoms with Gasteiger partial charge >= 0.3 is 0 Å². The average molecular weight is 169 g/mol. The number of hydrogen-bond acceptors (Lipinski definition) is 1. The van der Waals surface area contributed by atoms with Gasteiger partial charge in [0.05, 0.1) is 0 Å². The lowest BCUT2D eigenvalue weighted by molar-refractivity contribution is 0.113. The Hall–Kier alpha value is -0.0400. The summed E-state index contributed by atoms with van der Waals surface area (Å²) in [4.78, 5) is 0. The molecular weight excluding hydrogens is 146 g/mol. The summed E-state index contributed by atoms with van der Waals surface area (Å²) in [6.45, 7) is 7.65. The summed E-state index contributed by atoms with van der Waals surface area (Å²) in [5.41, 5.74) is 0.623. The third-order valence-corrected chi connectivity index (χ3v) is 3.19. The molecule has 2 fully saturated rings. The highest BCUT2D eigenvalue weighted by Gasteiger charge is 2.39. The molecule has 0 amide bonds. The van der Waals surface area contributed by atoms with Crippen molar-refractivity contribution in [2.75, 3.05) is 6.54 Å². The second-order valence-electron chi connectivity index (χ2n) is 4.16. The maximum Gasteiger partial charge on any atom is 0.0184 e. The van der Waals surface area contributed by atoms with Gasteiger partial charge in [-0.25, -0.2) is 0 Å². The highest BCUT2D eigenvalue weighted by molar-refractivity contribution is 4.99. The lowest BCUT2D eigenvalue weighted by atomic mass is 9.69. The largest absolute Gasteiger partial charge is 0.311 e. The SMILES string of the molecule is CC.CC1CCNC2(CCC2)C1. The molecule has 1 nitrogen and oxygen atoms in total. The topological polar surface area (TPSA) is 12.0 Å². The molecular formula is C11H23N. The van der Waals surface area contributed by atoms with Gasteiger partial charge in [0, 0.05) is 5.54 Å². The highest BCUT2D eigenvalue weighted by atomic mass is 15.0. The maximum absolute atomic E-state index is 3.66. The average Bonchev–Trinajstić information content (AvgIpc) is 2.06. The molecule has 1 saturated heterocycles. The summed E-state index contributed by atoms with van der Waals surface area (Å²) >= 11 is 0. The monoisotopic (exact) mass is 169 g/mol. The second kappa shape index (κ2) is 4.27. The van der Waals surface area contributed by atoms with E-state index in [9.17, 15) is 0 Å². The van der Waals surface area contributed by atoms with Gasteiger partial charge in [0.2, 0.25) is 0 Å². The number of rotatable bonds is 0. The molecule has 1 atom stereocenters. The zero-order chi connectivity index (χ0) is 9.03. The Morgan fingerprint density at radius 3 is 2.25 bits per heavy atom. The lowest BCUT2D eigenvalue weighted by Crippen LogP contribution is -2.55. The van der Waals surface area contributed by atoms with Crippen LogP contribution in [0.15, 0.2) is 0 Å². The molecule has 2 rings (SSSR count). The van der Waals surface area contributed by atoms with Crippen molar-refractivity contribution < 1.29 is 0 Å². The lowest BCUT2D eigenvalue weighted by Gasteiger charge is -2.47. The zero-order valence-corrected chi connectivity index (χ0v) is 8.82. The Morgan fingerprint density at radius 1 is 1.25 bits per heavy atom. The van der Waals surface area contributed by atoms with E-state index in [0.717, 1.165) is 5.92 Å². The third-order valence-electron chi connectivity index (χ3n) is 3.19. The molecule has 0 radical (unpaired) electrons. The molecule has 1 unspecified atom stereocenters. The Kier molecular flexibility index (Phi) is 3.57. The van der Waals surface area contributed by atoms with Crippen LogP contribution >= 0.6 is 0 Å². The first-order valence-corrected chi connectivity index (χ1v) is 5.56. The van der Waals surface area contributed by atoms with E-state index in [0.29, 0.717) is 5.54 Å². The standard InChI is InChI=1S/C9H17N.C2H6/c1-8-3-6-10-9(7-8)4-2-5-9;1-2/h8,10H,2-7H2,1H3;1-2H3. The van der Waals surface area contributed by atoms with Crippen molar-refractivity contribution in [3.63, 3.8) is 0 Å². The van der Waals surface area contributed by atoms with Crippen LogP contribution in [0.4, 0.5) is 0 Å². The predicted molar refractivity (Wildman–Crippen MR) is 54.3 cm³/mol. The van der Waals surface area contributed by atoms with Gasteiger partial charge in [0.1, 0.15) is 0 Å². The molecule has 1 heteroatoms. The van der Waals surface area contributed by atoms with Crippen LogP contribution in [0, 0.1) is 5.92 Å². The van der Waals surface area contributed by atoms with E-state index in [-0.39, 0.29) is 0 Å². The Bertz CT molecular complexity index is 127. The van der Waals surface area contributed by atoms with Gasteiger partial charge in [-0.2, -0.15) is 0 Å². The van der Waals surface area contributed by atoms with Crippen LogP contribution < -0.4 is 5.32 Å². The van der Waals surface area contributed by atoms with Crippen LogP contribution in [0.25, 0.3) is 0 Å². The number of hydrogen-bond donors (Lipinski definition) is 1. The van der Waals surface area contributed by atoms with E-state index in [2.05, 4.69) is 12.2 Å². The van der Waals surface area contributed by atoms with E-state index in [1.165, 1.54) is 38.6 Å². The van der Waals surface area contributed by atoms with Crippen LogP contribution in [0.3, 0.4) is 0 Å². The van der Waals surface area contributed by atoms with Gasteiger partial charge in [0.15, 0.2) is 0 Å². The van der Waals surface area contributed by atoms with Crippen LogP contribution in [0.1, 0.15) is 52.9 Å². The number of nitrogens with one attached hydrogen (secondary N) is 1. The van der Waals surface area contributed by atoms with Gasteiger partial charge in [-0.15, -0.1) is 0 Å². The summed E-state index contributed by atoms with van der Waals surface area (Å²) in [6, 6.07) is 0. The fourth-order valence-corrected chi connectivity index (χ4v) is 2.41. The van der Waals surface area contributed by atoms with Gasteiger partial charge in [-0.05, 0) is 44.6 Å². The number of piperidine rings is 1. The highest BCUT2D eigenvalue weighted by Crippen LogP contribution is 2.39. The summed E-state index contributed by atoms with van der Waals surface area (Å²) in [5.74, 6) is 0.974. The molecule has 1 spiro atoms. The molecule has 0 bridgehead atoms. The van der Waals surface area contributed by atoms with Crippen molar-refractivity contribution in [1.29, 1.82) is 0 Å². The Morgan fingerprint density at radius 2 is 1.92 bits per heavy atom. The fourth-order valence-electron chi connectivity index (χ4n) is 2.41. The fraction of sp³-hybridized carbons (Fsp3) is 1.00. The molecule has 0 aromatic heterocycles. The molecule has 1 saturated carbocycles. The van der Waals surface area contributed by atoms with Gasteiger partial charge in [-0.1, -0.05) is 20.8 Å². The minimum atomic E-state index is 0.623. The van der Waals surface area contributed by atoms with Crippen molar-refractivity contribution in [2.24, 2.45) is 5.92 Å². The molecule has 1 N–H and O–H groups in total. The van der Waals surface area contributed by atoms with Gasteiger partial charge in [0.25, 0.3) is 0 Å². The minimum absolute atomic E-state index is 0.623. The smallest absolute Gasteiger partial charge is 0.0184 e. The molecule has 1 heterocycles. The molecule has 1 aliphatic heterocycles. The van der Waals surface area contributed by atoms with E-state index in [1.54, 1.807) is 0 Å². The van der Waals surface area contributed by atoms with Crippen LogP contribution in [0.5, 0.6) is 0 Å². The van der Waals surface area contributed by atoms with Crippen LogP contribution in [-0.2, 0) is 0 Å². The first kappa shape index (κ1) is 10.0. The third kappa shape index (κ3) is 2.01. The van der Waals surface area contributed by atoms with Gasteiger partial charge in [-0.3, -0.25) is 0 Å². The van der Waals surface area contributed by atoms with E-state index in [1.807, 2.05) is 13.8 Å². The normalized spacial score (nSPS) is 31.8. The van der Waals surface area contributed by atoms with Crippen LogP contribution in [-0.4, -0.2) is 12.1 Å². The van der Waals surface area contributed by atoms with Crippen LogP contribution in [0.2, 0.25) is 0 Å². The van der Waals surface area contributed by atoms with Crippen molar-refractivity contribution in [3.05, 3.63) is 0 Å². The molecule has 1 aliphatic carbocycles. The molecule has 12 heavy (non-hydrogen) atoms. The van der Waals surface area contributed by atoms with Crippen molar-refractivity contribution in [3.8, 4) is 0 Å². The summed E-state index contributed by atoms with van der Waals surface area (Å²) in [7, 11) is 0. The quantitative estimate of drug-likeness (QED) is 0.588. The molecule has 0 aromatic carbocycles. The van der Waals surface area contributed by atoms with E-state index in [4.69, 9.17) is 0 Å². The first-order valence-electron chi connectivity index (χ1n) is 5.56. The van der Waals surface area contributed by atoms with Crippen molar-refractivity contribution >= 4 is 0 Å². The molecule has 72 valence electrons. The van der Waals surface area contributed by atoms with E-state index >= 15 is 0 Å². The Labute approximate surface area is 76.9 Å². The summed E-state index contributed by atoms with van der Waals surface area (Å²) in [6.07, 6.45) is 7.17. The summed E-state index contributed by atoms with van der Waals surface area (Å²) in [5, 5.41) is 3.66. The van der Waals surface area contributed by atoms with E-state index < -0.39 is 0 Å². The molecule has 0 aromatic rings. The van der Waals surface area contributed by atoms with Crippen molar-refractivity contribution in [2.45, 2.75) is 58.4 Å².